The van der Waals surface area contributed by atoms with Gasteiger partial charge >= 0.3 is 0 Å². The molecule has 2 N–H and O–H groups in total. The van der Waals surface area contributed by atoms with E-state index in [1.54, 1.807) is 19.1 Å². The number of aryl methyl sites for hydroxylation is 2. The van der Waals surface area contributed by atoms with Crippen LogP contribution < -0.4 is 0 Å². The molecule has 5 aromatic rings. The van der Waals surface area contributed by atoms with Crippen LogP contribution in [0.5, 0.6) is 11.6 Å². The minimum absolute atomic E-state index is 0.00655. The number of benzene rings is 2. The lowest BCUT2D eigenvalue weighted by Gasteiger charge is -2.09. The minimum Gasteiger partial charge on any atom is -0.503 e. The number of ketones is 1. The SMILES string of the molecule is Cc1ccc2nc(-n3c(O)c(O)c(C(=O)c4ccc(C)o4)c3-c3ccccc3F)sc2c1. The van der Waals surface area contributed by atoms with Gasteiger partial charge in [-0.1, -0.05) is 29.5 Å². The second-order valence-electron chi connectivity index (χ2n) is 7.42. The van der Waals surface area contributed by atoms with Crippen molar-refractivity contribution in [3.05, 3.63) is 83.1 Å². The number of hydrogen-bond donors (Lipinski definition) is 2. The van der Waals surface area contributed by atoms with Gasteiger partial charge in [-0.25, -0.2) is 9.37 Å². The summed E-state index contributed by atoms with van der Waals surface area (Å²) in [5.74, 6) is -2.10. The van der Waals surface area contributed by atoms with Gasteiger partial charge in [-0.15, -0.1) is 0 Å². The van der Waals surface area contributed by atoms with E-state index in [9.17, 15) is 19.4 Å². The van der Waals surface area contributed by atoms with Crippen molar-refractivity contribution in [3.8, 4) is 28.0 Å². The van der Waals surface area contributed by atoms with Gasteiger partial charge in [0, 0.05) is 5.56 Å². The molecule has 160 valence electrons. The number of carbonyl (C=O) groups is 1. The second kappa shape index (κ2) is 7.35. The number of thiazole rings is 1. The predicted molar refractivity (Wildman–Crippen MR) is 119 cm³/mol. The first-order valence-corrected chi connectivity index (χ1v) is 10.6. The lowest BCUT2D eigenvalue weighted by Crippen LogP contribution is -2.05. The fraction of sp³-hybridized carbons (Fsp3) is 0.0833. The van der Waals surface area contributed by atoms with Crippen molar-refractivity contribution in [2.45, 2.75) is 13.8 Å². The Morgan fingerprint density at radius 3 is 2.59 bits per heavy atom. The number of fused-ring (bicyclic) bond motifs is 1. The molecule has 0 spiro atoms. The summed E-state index contributed by atoms with van der Waals surface area (Å²) in [7, 11) is 0. The van der Waals surface area contributed by atoms with Gasteiger partial charge < -0.3 is 14.6 Å². The Labute approximate surface area is 185 Å². The van der Waals surface area contributed by atoms with Crippen LogP contribution in [0.2, 0.25) is 0 Å². The van der Waals surface area contributed by atoms with E-state index in [0.29, 0.717) is 11.3 Å². The van der Waals surface area contributed by atoms with E-state index in [-0.39, 0.29) is 27.7 Å². The average Bonchev–Trinajstić information content (AvgIpc) is 3.44. The third kappa shape index (κ3) is 3.07. The summed E-state index contributed by atoms with van der Waals surface area (Å²) in [4.78, 5) is 17.8. The molecule has 0 saturated heterocycles. The Kier molecular flexibility index (Phi) is 4.60. The van der Waals surface area contributed by atoms with Crippen LogP contribution in [0.15, 0.2) is 59.0 Å². The van der Waals surface area contributed by atoms with Gasteiger partial charge in [-0.3, -0.25) is 9.36 Å². The first kappa shape index (κ1) is 20.0. The molecule has 0 bridgehead atoms. The van der Waals surface area contributed by atoms with Crippen LogP contribution in [-0.2, 0) is 0 Å². The number of aromatic hydroxyl groups is 2. The molecule has 0 atom stereocenters. The van der Waals surface area contributed by atoms with Crippen LogP contribution in [-0.4, -0.2) is 25.5 Å². The van der Waals surface area contributed by atoms with E-state index in [1.807, 2.05) is 25.1 Å². The highest BCUT2D eigenvalue weighted by Crippen LogP contribution is 2.45. The van der Waals surface area contributed by atoms with E-state index in [1.165, 1.54) is 40.2 Å². The van der Waals surface area contributed by atoms with Crippen LogP contribution in [0.25, 0.3) is 26.6 Å². The van der Waals surface area contributed by atoms with Crippen molar-refractivity contribution in [1.29, 1.82) is 0 Å². The Hall–Kier alpha value is -3.91. The van der Waals surface area contributed by atoms with Gasteiger partial charge in [-0.2, -0.15) is 0 Å². The van der Waals surface area contributed by atoms with Gasteiger partial charge in [-0.05, 0) is 55.8 Å². The highest BCUT2D eigenvalue weighted by Gasteiger charge is 2.33. The molecule has 3 heterocycles. The fourth-order valence-electron chi connectivity index (χ4n) is 3.65. The van der Waals surface area contributed by atoms with Gasteiger partial charge in [0.1, 0.15) is 11.6 Å². The maximum Gasteiger partial charge on any atom is 0.242 e. The first-order valence-electron chi connectivity index (χ1n) is 9.75. The zero-order valence-corrected chi connectivity index (χ0v) is 17.9. The molecule has 0 aliphatic heterocycles. The van der Waals surface area contributed by atoms with Gasteiger partial charge in [0.25, 0.3) is 0 Å². The zero-order valence-electron chi connectivity index (χ0n) is 17.1. The lowest BCUT2D eigenvalue weighted by atomic mass is 10.0. The highest BCUT2D eigenvalue weighted by atomic mass is 32.1. The maximum absolute atomic E-state index is 14.9. The molecule has 2 aromatic carbocycles. The summed E-state index contributed by atoms with van der Waals surface area (Å²) in [6.45, 7) is 3.63. The van der Waals surface area contributed by atoms with E-state index in [2.05, 4.69) is 4.98 Å². The zero-order chi connectivity index (χ0) is 22.6. The largest absolute Gasteiger partial charge is 0.503 e. The Morgan fingerprint density at radius 2 is 1.88 bits per heavy atom. The standard InChI is InChI=1S/C24H17FN2O4S/c1-12-7-9-16-18(11-12)32-24(26-16)27-20(14-5-3-4-6-15(14)25)19(22(29)23(27)30)21(28)17-10-8-13(2)31-17/h3-11,29-30H,1-2H3. The highest BCUT2D eigenvalue weighted by molar-refractivity contribution is 7.20. The van der Waals surface area contributed by atoms with Crippen LogP contribution >= 0.6 is 11.3 Å². The van der Waals surface area contributed by atoms with Gasteiger partial charge in [0.2, 0.25) is 11.7 Å². The third-order valence-electron chi connectivity index (χ3n) is 5.16. The van der Waals surface area contributed by atoms with Gasteiger partial charge in [0.15, 0.2) is 16.6 Å². The average molecular weight is 448 g/mol. The van der Waals surface area contributed by atoms with Crippen molar-refractivity contribution < 1.29 is 23.8 Å². The smallest absolute Gasteiger partial charge is 0.242 e. The summed E-state index contributed by atoms with van der Waals surface area (Å²) >= 11 is 1.25. The van der Waals surface area contributed by atoms with Crippen LogP contribution in [0.3, 0.4) is 0 Å². The van der Waals surface area contributed by atoms with Crippen molar-refractivity contribution >= 4 is 27.3 Å². The summed E-state index contributed by atoms with van der Waals surface area (Å²) in [5, 5.41) is 21.9. The number of halogens is 1. The molecule has 8 heteroatoms. The quantitative estimate of drug-likeness (QED) is 0.342. The number of hydrogen-bond acceptors (Lipinski definition) is 6. The number of furan rings is 1. The molecule has 0 amide bonds. The minimum atomic E-state index is -0.681. The van der Waals surface area contributed by atoms with Crippen LogP contribution in [0.4, 0.5) is 4.39 Å². The Bertz CT molecular complexity index is 1510. The summed E-state index contributed by atoms with van der Waals surface area (Å²) in [6, 6.07) is 14.6. The summed E-state index contributed by atoms with van der Waals surface area (Å²) in [5.41, 5.74) is 1.47. The molecular formula is C24H17FN2O4S. The molecule has 0 aliphatic carbocycles. The fourth-order valence-corrected chi connectivity index (χ4v) is 4.73. The molecule has 0 aliphatic rings. The van der Waals surface area contributed by atoms with Crippen molar-refractivity contribution in [1.82, 2.24) is 9.55 Å². The summed E-state index contributed by atoms with van der Waals surface area (Å²) in [6.07, 6.45) is 0. The van der Waals surface area contributed by atoms with E-state index in [4.69, 9.17) is 4.42 Å². The molecular weight excluding hydrogens is 431 g/mol. The normalized spacial score (nSPS) is 11.3. The van der Waals surface area contributed by atoms with Crippen molar-refractivity contribution in [2.75, 3.05) is 0 Å². The van der Waals surface area contributed by atoms with Gasteiger partial charge in [0.05, 0.1) is 21.5 Å². The maximum atomic E-state index is 14.9. The molecule has 3 aromatic heterocycles. The Balaban J connectivity index is 1.84. The van der Waals surface area contributed by atoms with Crippen molar-refractivity contribution in [2.24, 2.45) is 0 Å². The molecule has 6 nitrogen and oxygen atoms in total. The second-order valence-corrected chi connectivity index (χ2v) is 8.43. The monoisotopic (exact) mass is 448 g/mol. The van der Waals surface area contributed by atoms with Crippen LogP contribution in [0.1, 0.15) is 27.4 Å². The van der Waals surface area contributed by atoms with Crippen LogP contribution in [0, 0.1) is 19.7 Å². The number of rotatable bonds is 4. The molecule has 0 fully saturated rings. The third-order valence-corrected chi connectivity index (χ3v) is 6.17. The number of aromatic nitrogens is 2. The van der Waals surface area contributed by atoms with Crippen molar-refractivity contribution in [3.63, 3.8) is 0 Å². The summed E-state index contributed by atoms with van der Waals surface area (Å²) < 4.78 is 22.4. The van der Waals surface area contributed by atoms with E-state index in [0.717, 1.165) is 10.3 Å². The van der Waals surface area contributed by atoms with E-state index < -0.39 is 23.2 Å². The van der Waals surface area contributed by atoms with E-state index >= 15 is 0 Å². The lowest BCUT2D eigenvalue weighted by molar-refractivity contribution is 0.101. The number of nitrogens with zero attached hydrogens (tertiary/aromatic N) is 2. The molecule has 0 radical (unpaired) electrons. The predicted octanol–water partition coefficient (Wildman–Crippen LogP) is 5.75. The Morgan fingerprint density at radius 1 is 1.09 bits per heavy atom. The molecule has 32 heavy (non-hydrogen) atoms. The first-order chi connectivity index (χ1) is 15.3. The topological polar surface area (TPSA) is 88.5 Å². The molecule has 5 rings (SSSR count). The molecule has 0 saturated carbocycles. The molecule has 0 unspecified atom stereocenters. The number of carbonyl (C=O) groups excluding carboxylic acids is 1.